The van der Waals surface area contributed by atoms with Crippen molar-refractivity contribution in [3.05, 3.63) is 59.9 Å². The molecule has 0 aliphatic heterocycles. The Kier molecular flexibility index (Phi) is 5.00. The Morgan fingerprint density at radius 2 is 1.89 bits per heavy atom. The average molecular weight is 392 g/mol. The van der Waals surface area contributed by atoms with Gasteiger partial charge < -0.3 is 5.32 Å². The Morgan fingerprint density at radius 1 is 1.14 bits per heavy atom. The minimum atomic E-state index is -0.341. The molecule has 0 fully saturated rings. The van der Waals surface area contributed by atoms with Crippen LogP contribution in [0.15, 0.2) is 53.7 Å². The lowest BCUT2D eigenvalue weighted by Crippen LogP contribution is -2.23. The van der Waals surface area contributed by atoms with Crippen LogP contribution in [0.4, 0.5) is 5.69 Å². The minimum Gasteiger partial charge on any atom is -0.325 e. The van der Waals surface area contributed by atoms with Gasteiger partial charge in [0.2, 0.25) is 5.91 Å². The molecule has 1 amide bonds. The summed E-state index contributed by atoms with van der Waals surface area (Å²) in [5.41, 5.74) is 3.63. The Hall–Kier alpha value is -2.93. The molecule has 0 saturated carbocycles. The maximum Gasteiger partial charge on any atom is 0.237 e. The number of hydrogen-bond acceptors (Lipinski definition) is 5. The molecule has 6 nitrogen and oxygen atoms in total. The molecule has 0 aliphatic carbocycles. The zero-order chi connectivity index (χ0) is 19.7. The number of rotatable bonds is 5. The third kappa shape index (κ3) is 3.57. The number of benzene rings is 2. The summed E-state index contributed by atoms with van der Waals surface area (Å²) in [4.78, 5) is 21.9. The van der Waals surface area contributed by atoms with Crippen molar-refractivity contribution < 1.29 is 4.79 Å². The molecule has 1 atom stereocenters. The van der Waals surface area contributed by atoms with Crippen LogP contribution in [0.2, 0.25) is 0 Å². The molecule has 2 aromatic heterocycles. The lowest BCUT2D eigenvalue weighted by molar-refractivity contribution is -0.115. The van der Waals surface area contributed by atoms with Crippen molar-refractivity contribution in [2.75, 3.05) is 5.32 Å². The van der Waals surface area contributed by atoms with Gasteiger partial charge in [-0.25, -0.2) is 9.97 Å². The minimum absolute atomic E-state index is 0.0748. The van der Waals surface area contributed by atoms with Gasteiger partial charge >= 0.3 is 0 Å². The third-order valence-electron chi connectivity index (χ3n) is 4.54. The number of nitrogens with one attached hydrogen (secondary N) is 1. The average Bonchev–Trinajstić information content (AvgIpc) is 3.10. The van der Waals surface area contributed by atoms with Crippen LogP contribution in [-0.2, 0) is 11.2 Å². The van der Waals surface area contributed by atoms with Gasteiger partial charge in [-0.2, -0.15) is 4.52 Å². The second-order valence-electron chi connectivity index (χ2n) is 6.61. The van der Waals surface area contributed by atoms with Crippen molar-refractivity contribution in [1.82, 2.24) is 19.6 Å². The molecule has 1 N–H and O–H groups in total. The van der Waals surface area contributed by atoms with Crippen molar-refractivity contribution in [3.63, 3.8) is 0 Å². The van der Waals surface area contributed by atoms with Crippen LogP contribution in [0.1, 0.15) is 25.2 Å². The van der Waals surface area contributed by atoms with E-state index in [-0.39, 0.29) is 11.2 Å². The molecule has 1 unspecified atom stereocenters. The lowest BCUT2D eigenvalue weighted by atomic mass is 10.1. The van der Waals surface area contributed by atoms with Crippen LogP contribution in [0.25, 0.3) is 16.6 Å². The second-order valence-corrected chi connectivity index (χ2v) is 7.91. The Labute approximate surface area is 167 Å². The molecule has 0 radical (unpaired) electrons. The molecule has 0 bridgehead atoms. The summed E-state index contributed by atoms with van der Waals surface area (Å²) in [7, 11) is 0. The van der Waals surface area contributed by atoms with E-state index < -0.39 is 0 Å². The summed E-state index contributed by atoms with van der Waals surface area (Å²) in [5.74, 6) is 0.599. The predicted molar refractivity (Wildman–Crippen MR) is 113 cm³/mol. The van der Waals surface area contributed by atoms with Crippen LogP contribution in [0, 0.1) is 6.92 Å². The second kappa shape index (κ2) is 7.59. The number of fused-ring (bicyclic) bond motifs is 3. The first-order valence-electron chi connectivity index (χ1n) is 9.23. The van der Waals surface area contributed by atoms with Crippen molar-refractivity contribution >= 4 is 39.9 Å². The Balaban J connectivity index is 1.60. The predicted octanol–water partition coefficient (Wildman–Crippen LogP) is 4.27. The van der Waals surface area contributed by atoms with Gasteiger partial charge in [0.05, 0.1) is 10.8 Å². The molecule has 2 heterocycles. The fraction of sp³-hybridized carbons (Fsp3) is 0.238. The normalized spacial score (nSPS) is 12.4. The summed E-state index contributed by atoms with van der Waals surface area (Å²) in [6, 6.07) is 15.8. The molecule has 7 heteroatoms. The molecule has 142 valence electrons. The van der Waals surface area contributed by atoms with Gasteiger partial charge in [0.1, 0.15) is 5.82 Å². The Bertz CT molecular complexity index is 1150. The zero-order valence-corrected chi connectivity index (χ0v) is 16.8. The van der Waals surface area contributed by atoms with E-state index in [4.69, 9.17) is 4.98 Å². The van der Waals surface area contributed by atoms with Gasteiger partial charge in [0, 0.05) is 11.1 Å². The molecule has 0 saturated heterocycles. The van der Waals surface area contributed by atoms with Crippen LogP contribution in [-0.4, -0.2) is 30.7 Å². The molecule has 28 heavy (non-hydrogen) atoms. The molecular formula is C21H21N5OS. The van der Waals surface area contributed by atoms with Crippen molar-refractivity contribution in [2.45, 2.75) is 37.6 Å². The lowest BCUT2D eigenvalue weighted by Gasteiger charge is -2.13. The number of hydrogen-bond donors (Lipinski definition) is 1. The Morgan fingerprint density at radius 3 is 2.64 bits per heavy atom. The summed E-state index contributed by atoms with van der Waals surface area (Å²) >= 11 is 1.37. The van der Waals surface area contributed by atoms with E-state index in [2.05, 4.69) is 22.3 Å². The zero-order valence-electron chi connectivity index (χ0n) is 16.0. The number of carbonyl (C=O) groups excluding carboxylic acids is 1. The van der Waals surface area contributed by atoms with Crippen LogP contribution < -0.4 is 5.32 Å². The molecule has 0 aliphatic rings. The maximum absolute atomic E-state index is 12.7. The number of aryl methyl sites for hydroxylation is 2. The topological polar surface area (TPSA) is 72.2 Å². The largest absolute Gasteiger partial charge is 0.325 e. The number of para-hydroxylation sites is 1. The van der Waals surface area contributed by atoms with Gasteiger partial charge in [-0.15, -0.1) is 5.10 Å². The molecular weight excluding hydrogens is 370 g/mol. The number of thioether (sulfide) groups is 1. The van der Waals surface area contributed by atoms with Crippen molar-refractivity contribution in [3.8, 4) is 0 Å². The SMILES string of the molecule is CCc1ccc(NC(=O)C(C)Sc2nc3ccccc3c3nc(C)nn23)cc1. The van der Waals surface area contributed by atoms with Gasteiger partial charge in [-0.1, -0.05) is 43.0 Å². The van der Waals surface area contributed by atoms with E-state index in [9.17, 15) is 4.79 Å². The number of carbonyl (C=O) groups is 1. The highest BCUT2D eigenvalue weighted by Gasteiger charge is 2.19. The number of amides is 1. The van der Waals surface area contributed by atoms with Crippen LogP contribution in [0.3, 0.4) is 0 Å². The first-order chi connectivity index (χ1) is 13.5. The van der Waals surface area contributed by atoms with E-state index in [1.54, 1.807) is 4.52 Å². The fourth-order valence-corrected chi connectivity index (χ4v) is 3.85. The number of nitrogens with zero attached hydrogens (tertiary/aromatic N) is 4. The maximum atomic E-state index is 12.7. The third-order valence-corrected chi connectivity index (χ3v) is 5.58. The molecule has 4 rings (SSSR count). The van der Waals surface area contributed by atoms with E-state index in [0.717, 1.165) is 28.7 Å². The van der Waals surface area contributed by atoms with Gasteiger partial charge in [-0.05, 0) is 50.1 Å². The van der Waals surface area contributed by atoms with Crippen molar-refractivity contribution in [1.29, 1.82) is 0 Å². The number of anilines is 1. The van der Waals surface area contributed by atoms with Gasteiger partial charge in [0.15, 0.2) is 10.8 Å². The highest BCUT2D eigenvalue weighted by Crippen LogP contribution is 2.27. The summed E-state index contributed by atoms with van der Waals surface area (Å²) in [6.45, 7) is 5.83. The molecule has 2 aromatic carbocycles. The smallest absolute Gasteiger partial charge is 0.237 e. The summed E-state index contributed by atoms with van der Waals surface area (Å²) in [5, 5.41) is 8.70. The summed E-state index contributed by atoms with van der Waals surface area (Å²) in [6.07, 6.45) is 0.974. The quantitative estimate of drug-likeness (QED) is 0.406. The van der Waals surface area contributed by atoms with Crippen LogP contribution in [0.5, 0.6) is 0 Å². The van der Waals surface area contributed by atoms with E-state index in [1.165, 1.54) is 17.3 Å². The highest BCUT2D eigenvalue weighted by atomic mass is 32.2. The van der Waals surface area contributed by atoms with E-state index >= 15 is 0 Å². The monoisotopic (exact) mass is 391 g/mol. The van der Waals surface area contributed by atoms with Crippen molar-refractivity contribution in [2.24, 2.45) is 0 Å². The van der Waals surface area contributed by atoms with Gasteiger partial charge in [0.25, 0.3) is 0 Å². The van der Waals surface area contributed by atoms with Gasteiger partial charge in [-0.3, -0.25) is 4.79 Å². The molecule has 4 aromatic rings. The standard InChI is InChI=1S/C21H21N5OS/c1-4-15-9-11-16(12-10-15)23-20(27)13(2)28-21-24-18-8-6-5-7-17(18)19-22-14(3)25-26(19)21/h5-13H,4H2,1-3H3,(H,23,27). The first-order valence-corrected chi connectivity index (χ1v) is 10.1. The van der Waals surface area contributed by atoms with E-state index in [0.29, 0.717) is 11.0 Å². The highest BCUT2D eigenvalue weighted by molar-refractivity contribution is 8.00. The van der Waals surface area contributed by atoms with E-state index in [1.807, 2.05) is 62.4 Å². The fourth-order valence-electron chi connectivity index (χ4n) is 2.99. The summed E-state index contributed by atoms with van der Waals surface area (Å²) < 4.78 is 1.72. The molecule has 0 spiro atoms. The first kappa shape index (κ1) is 18.4. The number of aromatic nitrogens is 4. The van der Waals surface area contributed by atoms with Crippen LogP contribution >= 0.6 is 11.8 Å².